The summed E-state index contributed by atoms with van der Waals surface area (Å²) in [5.74, 6) is -1.50. The maximum absolute atomic E-state index is 14.0. The molecule has 0 saturated carbocycles. The second kappa shape index (κ2) is 9.44. The SMILES string of the molecule is CCc1cccc(CC)c1-c1cc2c(C(O)CC(C)C)cn(-c3ccc(F)c(F)c3)c2cn1. The minimum Gasteiger partial charge on any atom is -0.388 e. The summed E-state index contributed by atoms with van der Waals surface area (Å²) in [6.45, 7) is 8.40. The predicted octanol–water partition coefficient (Wildman–Crippen LogP) is 7.18. The number of aryl methyl sites for hydroxylation is 2. The van der Waals surface area contributed by atoms with Crippen molar-refractivity contribution >= 4 is 10.9 Å². The molecule has 2 aromatic carbocycles. The van der Waals surface area contributed by atoms with E-state index in [9.17, 15) is 13.9 Å². The number of aliphatic hydroxyl groups excluding tert-OH is 1. The topological polar surface area (TPSA) is 38.0 Å². The number of aliphatic hydroxyl groups is 1. The number of benzene rings is 2. The average molecular weight is 449 g/mol. The van der Waals surface area contributed by atoms with E-state index in [1.807, 2.05) is 12.3 Å². The van der Waals surface area contributed by atoms with Gasteiger partial charge in [-0.1, -0.05) is 45.9 Å². The standard InChI is InChI=1S/C28H30F2N2O/c1-5-18-8-7-9-19(6-2)28(18)25-14-21-22(27(33)12-17(3)4)16-32(26(21)15-31-25)20-10-11-23(29)24(30)13-20/h7-11,13-17,27,33H,5-6,12H2,1-4H3. The first kappa shape index (κ1) is 23.1. The average Bonchev–Trinajstić information content (AvgIpc) is 3.18. The summed E-state index contributed by atoms with van der Waals surface area (Å²) < 4.78 is 29.3. The van der Waals surface area contributed by atoms with Crippen LogP contribution in [0.4, 0.5) is 8.78 Å². The van der Waals surface area contributed by atoms with E-state index in [1.165, 1.54) is 23.3 Å². The van der Waals surface area contributed by atoms with Crippen molar-refractivity contribution in [3.05, 3.63) is 83.2 Å². The number of halogens is 2. The summed E-state index contributed by atoms with van der Waals surface area (Å²) in [7, 11) is 0. The molecule has 4 rings (SSSR count). The Bertz CT molecular complexity index is 1270. The molecule has 1 unspecified atom stereocenters. The molecule has 0 bridgehead atoms. The van der Waals surface area contributed by atoms with Crippen LogP contribution in [0.15, 0.2) is 54.9 Å². The largest absolute Gasteiger partial charge is 0.388 e. The second-order valence-electron chi connectivity index (χ2n) is 8.94. The van der Waals surface area contributed by atoms with Gasteiger partial charge >= 0.3 is 0 Å². The van der Waals surface area contributed by atoms with Crippen molar-refractivity contribution in [2.24, 2.45) is 5.92 Å². The van der Waals surface area contributed by atoms with Gasteiger partial charge < -0.3 is 9.67 Å². The van der Waals surface area contributed by atoms with E-state index in [-0.39, 0.29) is 0 Å². The smallest absolute Gasteiger partial charge is 0.160 e. The zero-order chi connectivity index (χ0) is 23.7. The van der Waals surface area contributed by atoms with Gasteiger partial charge in [0, 0.05) is 34.5 Å². The normalized spacial score (nSPS) is 12.6. The van der Waals surface area contributed by atoms with Gasteiger partial charge in [0.2, 0.25) is 0 Å². The van der Waals surface area contributed by atoms with Gasteiger partial charge in [0.05, 0.1) is 23.5 Å². The summed E-state index contributed by atoms with van der Waals surface area (Å²) in [6, 6.07) is 12.2. The van der Waals surface area contributed by atoms with Gasteiger partial charge in [-0.2, -0.15) is 0 Å². The number of hydrogen-bond acceptors (Lipinski definition) is 2. The van der Waals surface area contributed by atoms with Crippen molar-refractivity contribution in [3.8, 4) is 16.9 Å². The van der Waals surface area contributed by atoms with Crippen LogP contribution in [0.1, 0.15) is 56.9 Å². The molecule has 0 aliphatic carbocycles. The molecule has 0 aliphatic rings. The molecule has 2 heterocycles. The van der Waals surface area contributed by atoms with E-state index >= 15 is 0 Å². The van der Waals surface area contributed by atoms with Gasteiger partial charge in [0.1, 0.15) is 0 Å². The lowest BCUT2D eigenvalue weighted by Gasteiger charge is -2.14. The summed E-state index contributed by atoms with van der Waals surface area (Å²) in [4.78, 5) is 4.78. The molecule has 2 aromatic heterocycles. The molecule has 0 fully saturated rings. The van der Waals surface area contributed by atoms with Crippen molar-refractivity contribution in [1.29, 1.82) is 0 Å². The molecule has 0 aliphatic heterocycles. The van der Waals surface area contributed by atoms with Crippen LogP contribution in [-0.4, -0.2) is 14.7 Å². The number of aromatic nitrogens is 2. The van der Waals surface area contributed by atoms with Crippen LogP contribution in [0.3, 0.4) is 0 Å². The molecule has 1 N–H and O–H groups in total. The fourth-order valence-electron chi connectivity index (χ4n) is 4.55. The van der Waals surface area contributed by atoms with E-state index in [0.717, 1.165) is 46.6 Å². The minimum absolute atomic E-state index is 0.301. The van der Waals surface area contributed by atoms with Crippen LogP contribution in [0, 0.1) is 17.6 Å². The summed E-state index contributed by atoms with van der Waals surface area (Å²) in [5, 5.41) is 11.9. The van der Waals surface area contributed by atoms with Crippen molar-refractivity contribution in [2.45, 2.75) is 53.1 Å². The van der Waals surface area contributed by atoms with Crippen LogP contribution >= 0.6 is 0 Å². The van der Waals surface area contributed by atoms with Crippen molar-refractivity contribution in [3.63, 3.8) is 0 Å². The maximum atomic E-state index is 14.0. The molecule has 5 heteroatoms. The third kappa shape index (κ3) is 4.42. The number of hydrogen-bond donors (Lipinski definition) is 1. The predicted molar refractivity (Wildman–Crippen MR) is 130 cm³/mol. The molecular formula is C28H30F2N2O. The van der Waals surface area contributed by atoms with Gasteiger partial charge in [-0.3, -0.25) is 4.98 Å². The zero-order valence-electron chi connectivity index (χ0n) is 19.6. The van der Waals surface area contributed by atoms with E-state index in [4.69, 9.17) is 4.98 Å². The molecule has 172 valence electrons. The summed E-state index contributed by atoms with van der Waals surface area (Å²) in [6.07, 6.45) is 5.29. The molecule has 0 spiro atoms. The van der Waals surface area contributed by atoms with Crippen molar-refractivity contribution < 1.29 is 13.9 Å². The first-order chi connectivity index (χ1) is 15.8. The van der Waals surface area contributed by atoms with Gasteiger partial charge in [0.25, 0.3) is 0 Å². The Labute approximate surface area is 193 Å². The van der Waals surface area contributed by atoms with Crippen LogP contribution in [0.2, 0.25) is 0 Å². The van der Waals surface area contributed by atoms with Crippen LogP contribution in [0.5, 0.6) is 0 Å². The quantitative estimate of drug-likeness (QED) is 0.325. The van der Waals surface area contributed by atoms with E-state index in [2.05, 4.69) is 45.9 Å². The Morgan fingerprint density at radius 3 is 2.27 bits per heavy atom. The zero-order valence-corrected chi connectivity index (χ0v) is 19.6. The molecule has 1 atom stereocenters. The highest BCUT2D eigenvalue weighted by atomic mass is 19.2. The third-order valence-electron chi connectivity index (χ3n) is 6.21. The fraction of sp³-hybridized carbons (Fsp3) is 0.321. The number of pyridine rings is 1. The first-order valence-electron chi connectivity index (χ1n) is 11.6. The Kier molecular flexibility index (Phi) is 6.61. The van der Waals surface area contributed by atoms with Crippen LogP contribution in [-0.2, 0) is 12.8 Å². The van der Waals surface area contributed by atoms with Crippen LogP contribution in [0.25, 0.3) is 27.8 Å². The van der Waals surface area contributed by atoms with Crippen molar-refractivity contribution in [2.75, 3.05) is 0 Å². The summed E-state index contributed by atoms with van der Waals surface area (Å²) >= 11 is 0. The molecule has 0 radical (unpaired) electrons. The Hall–Kier alpha value is -3.05. The van der Waals surface area contributed by atoms with Gasteiger partial charge in [-0.15, -0.1) is 0 Å². The number of fused-ring (bicyclic) bond motifs is 1. The maximum Gasteiger partial charge on any atom is 0.160 e. The highest BCUT2D eigenvalue weighted by molar-refractivity contribution is 5.89. The summed E-state index contributed by atoms with van der Waals surface area (Å²) in [5.41, 5.74) is 6.44. The third-order valence-corrected chi connectivity index (χ3v) is 6.21. The molecule has 3 nitrogen and oxygen atoms in total. The van der Waals surface area contributed by atoms with Crippen LogP contribution < -0.4 is 0 Å². The lowest BCUT2D eigenvalue weighted by atomic mass is 9.93. The monoisotopic (exact) mass is 448 g/mol. The molecule has 0 saturated heterocycles. The molecular weight excluding hydrogens is 418 g/mol. The Morgan fingerprint density at radius 2 is 1.67 bits per heavy atom. The highest BCUT2D eigenvalue weighted by Crippen LogP contribution is 2.36. The van der Waals surface area contributed by atoms with Gasteiger partial charge in [-0.05, 0) is 54.5 Å². The minimum atomic E-state index is -0.910. The first-order valence-corrected chi connectivity index (χ1v) is 11.6. The lowest BCUT2D eigenvalue weighted by Crippen LogP contribution is -2.01. The molecule has 33 heavy (non-hydrogen) atoms. The van der Waals surface area contributed by atoms with E-state index < -0.39 is 17.7 Å². The fourth-order valence-corrected chi connectivity index (χ4v) is 4.55. The molecule has 4 aromatic rings. The second-order valence-corrected chi connectivity index (χ2v) is 8.94. The van der Waals surface area contributed by atoms with E-state index in [0.29, 0.717) is 18.0 Å². The Balaban J connectivity index is 1.96. The number of rotatable bonds is 7. The van der Waals surface area contributed by atoms with Gasteiger partial charge in [0.15, 0.2) is 11.6 Å². The lowest BCUT2D eigenvalue weighted by molar-refractivity contribution is 0.152. The highest BCUT2D eigenvalue weighted by Gasteiger charge is 2.20. The Morgan fingerprint density at radius 1 is 0.970 bits per heavy atom. The van der Waals surface area contributed by atoms with Crippen molar-refractivity contribution in [1.82, 2.24) is 9.55 Å². The number of nitrogens with zero attached hydrogens (tertiary/aromatic N) is 2. The van der Waals surface area contributed by atoms with E-state index in [1.54, 1.807) is 10.8 Å². The molecule has 0 amide bonds. The van der Waals surface area contributed by atoms with Gasteiger partial charge in [-0.25, -0.2) is 8.78 Å².